The molecule has 30 heavy (non-hydrogen) atoms. The lowest BCUT2D eigenvalue weighted by Crippen LogP contribution is -2.15. The van der Waals surface area contributed by atoms with Crippen molar-refractivity contribution in [1.29, 1.82) is 0 Å². The molecule has 2 aromatic carbocycles. The summed E-state index contributed by atoms with van der Waals surface area (Å²) in [5, 5.41) is 3.20. The Labute approximate surface area is 176 Å². The molecule has 7 nitrogen and oxygen atoms in total. The van der Waals surface area contributed by atoms with Crippen LogP contribution in [0.3, 0.4) is 0 Å². The first-order valence-electron chi connectivity index (χ1n) is 9.19. The average Bonchev–Trinajstić information content (AvgIpc) is 3.08. The van der Waals surface area contributed by atoms with E-state index in [1.165, 1.54) is 6.07 Å². The Kier molecular flexibility index (Phi) is 5.29. The van der Waals surface area contributed by atoms with E-state index in [2.05, 4.69) is 10.3 Å². The van der Waals surface area contributed by atoms with Crippen LogP contribution >= 0.6 is 11.6 Å². The van der Waals surface area contributed by atoms with Crippen LogP contribution in [0.1, 0.15) is 27.4 Å². The third kappa shape index (κ3) is 4.06. The highest BCUT2D eigenvalue weighted by Crippen LogP contribution is 2.28. The van der Waals surface area contributed by atoms with Crippen molar-refractivity contribution in [2.75, 3.05) is 5.32 Å². The van der Waals surface area contributed by atoms with Gasteiger partial charge in [-0.2, -0.15) is 0 Å². The second kappa shape index (κ2) is 8.04. The van der Waals surface area contributed by atoms with Crippen LogP contribution in [0.15, 0.2) is 63.9 Å². The number of hydrogen-bond donors (Lipinski definition) is 1. The van der Waals surface area contributed by atoms with Crippen molar-refractivity contribution < 1.29 is 14.1 Å². The Hall–Kier alpha value is -3.58. The molecule has 1 N–H and O–H groups in total. The van der Waals surface area contributed by atoms with Crippen molar-refractivity contribution in [3.63, 3.8) is 0 Å². The molecule has 8 heteroatoms. The van der Waals surface area contributed by atoms with E-state index < -0.39 is 0 Å². The molecule has 0 unspecified atom stereocenters. The van der Waals surface area contributed by atoms with Crippen LogP contribution in [0, 0.1) is 13.8 Å². The summed E-state index contributed by atoms with van der Waals surface area (Å²) in [4.78, 5) is 29.2. The molecule has 152 valence electrons. The standard InChI is InChI=1S/C22H18ClN3O4/c1-13-7-8-19(18(9-13)25-22(28)16-5-3-4-6-17(16)23)29-12-15-11-21(27)26-20(24-15)10-14(2)30-26/h3-11H,12H2,1-2H3,(H,25,28). The molecule has 0 saturated heterocycles. The number of aromatic nitrogens is 2. The maximum atomic E-state index is 12.6. The molecule has 1 amide bonds. The molecule has 2 heterocycles. The Bertz CT molecular complexity index is 1310. The summed E-state index contributed by atoms with van der Waals surface area (Å²) in [6.07, 6.45) is 0. The molecule has 0 aliphatic rings. The number of anilines is 1. The van der Waals surface area contributed by atoms with E-state index in [0.29, 0.717) is 39.1 Å². The van der Waals surface area contributed by atoms with Crippen molar-refractivity contribution in [3.05, 3.63) is 92.6 Å². The van der Waals surface area contributed by atoms with Crippen molar-refractivity contribution in [2.45, 2.75) is 20.5 Å². The summed E-state index contributed by atoms with van der Waals surface area (Å²) in [7, 11) is 0. The summed E-state index contributed by atoms with van der Waals surface area (Å²) in [6, 6.07) is 15.2. The van der Waals surface area contributed by atoms with Gasteiger partial charge in [-0.15, -0.1) is 4.57 Å². The van der Waals surface area contributed by atoms with Crippen LogP contribution in [0.4, 0.5) is 5.69 Å². The molecule has 2 aromatic heterocycles. The molecule has 0 bridgehead atoms. The third-order valence-corrected chi connectivity index (χ3v) is 4.73. The van der Waals surface area contributed by atoms with E-state index in [1.807, 2.05) is 13.0 Å². The molecule has 4 aromatic rings. The van der Waals surface area contributed by atoms with E-state index in [0.717, 1.165) is 10.1 Å². The second-order valence-electron chi connectivity index (χ2n) is 6.81. The van der Waals surface area contributed by atoms with Gasteiger partial charge < -0.3 is 14.6 Å². The number of fused-ring (bicyclic) bond motifs is 1. The largest absolute Gasteiger partial charge is 0.485 e. The van der Waals surface area contributed by atoms with Gasteiger partial charge in [-0.1, -0.05) is 29.8 Å². The molecule has 4 rings (SSSR count). The Morgan fingerprint density at radius 1 is 1.17 bits per heavy atom. The summed E-state index contributed by atoms with van der Waals surface area (Å²) < 4.78 is 12.3. The number of carbonyl (C=O) groups excluding carboxylic acids is 1. The fraction of sp³-hybridized carbons (Fsp3) is 0.136. The summed E-state index contributed by atoms with van der Waals surface area (Å²) >= 11 is 6.12. The van der Waals surface area contributed by atoms with Crippen LogP contribution < -0.4 is 15.6 Å². The van der Waals surface area contributed by atoms with Gasteiger partial charge in [0.2, 0.25) is 0 Å². The number of benzene rings is 2. The van der Waals surface area contributed by atoms with Gasteiger partial charge in [-0.3, -0.25) is 9.59 Å². The normalized spacial score (nSPS) is 10.9. The number of carbonyl (C=O) groups is 1. The Morgan fingerprint density at radius 2 is 1.97 bits per heavy atom. The predicted molar refractivity (Wildman–Crippen MR) is 113 cm³/mol. The zero-order chi connectivity index (χ0) is 21.3. The lowest BCUT2D eigenvalue weighted by molar-refractivity contribution is 0.102. The molecule has 0 fully saturated rings. The zero-order valence-corrected chi connectivity index (χ0v) is 17.1. The molecule has 0 aliphatic heterocycles. The minimum absolute atomic E-state index is 0.0496. The number of nitrogens with one attached hydrogen (secondary N) is 1. The first kappa shape index (κ1) is 19.7. The van der Waals surface area contributed by atoms with Crippen LogP contribution in [0.5, 0.6) is 5.75 Å². The zero-order valence-electron chi connectivity index (χ0n) is 16.3. The smallest absolute Gasteiger partial charge is 0.287 e. The number of nitrogens with zero attached hydrogens (tertiary/aromatic N) is 2. The molecule has 0 spiro atoms. The summed E-state index contributed by atoms with van der Waals surface area (Å²) in [5.74, 6) is 0.690. The van der Waals surface area contributed by atoms with Crippen LogP contribution in [-0.2, 0) is 6.61 Å². The van der Waals surface area contributed by atoms with Gasteiger partial charge >= 0.3 is 0 Å². The fourth-order valence-corrected chi connectivity index (χ4v) is 3.22. The lowest BCUT2D eigenvalue weighted by Gasteiger charge is -2.14. The van der Waals surface area contributed by atoms with Crippen molar-refractivity contribution in [3.8, 4) is 5.75 Å². The minimum Gasteiger partial charge on any atom is -0.485 e. The van der Waals surface area contributed by atoms with E-state index in [4.69, 9.17) is 20.9 Å². The van der Waals surface area contributed by atoms with Crippen molar-refractivity contribution in [1.82, 2.24) is 9.56 Å². The predicted octanol–water partition coefficient (Wildman–Crippen LogP) is 4.39. The first-order valence-corrected chi connectivity index (χ1v) is 9.57. The van der Waals surface area contributed by atoms with Gasteiger partial charge in [0.15, 0.2) is 5.65 Å². The number of hydrogen-bond acceptors (Lipinski definition) is 5. The molecule has 0 aliphatic carbocycles. The fourth-order valence-electron chi connectivity index (χ4n) is 3.00. The van der Waals surface area contributed by atoms with E-state index >= 15 is 0 Å². The molecular formula is C22H18ClN3O4. The number of halogens is 1. The summed E-state index contributed by atoms with van der Waals surface area (Å²) in [6.45, 7) is 3.70. The first-order chi connectivity index (χ1) is 14.4. The monoisotopic (exact) mass is 423 g/mol. The number of ether oxygens (including phenoxy) is 1. The van der Waals surface area contributed by atoms with Crippen LogP contribution in [0.2, 0.25) is 5.02 Å². The Morgan fingerprint density at radius 3 is 2.77 bits per heavy atom. The lowest BCUT2D eigenvalue weighted by atomic mass is 10.1. The average molecular weight is 424 g/mol. The van der Waals surface area contributed by atoms with Crippen molar-refractivity contribution >= 4 is 28.8 Å². The highest BCUT2D eigenvalue weighted by Gasteiger charge is 2.14. The summed E-state index contributed by atoms with van der Waals surface area (Å²) in [5.41, 5.74) is 2.34. The van der Waals surface area contributed by atoms with Gasteiger partial charge in [-0.25, -0.2) is 4.98 Å². The van der Waals surface area contributed by atoms with E-state index in [1.54, 1.807) is 49.4 Å². The second-order valence-corrected chi connectivity index (χ2v) is 7.21. The number of aryl methyl sites for hydroxylation is 2. The SMILES string of the molecule is Cc1ccc(OCc2cc(=O)n3oc(C)cc3n2)c(NC(=O)c2ccccc2Cl)c1. The minimum atomic E-state index is -0.345. The van der Waals surface area contributed by atoms with Gasteiger partial charge in [0.05, 0.1) is 22.0 Å². The van der Waals surface area contributed by atoms with E-state index in [9.17, 15) is 9.59 Å². The van der Waals surface area contributed by atoms with Gasteiger partial charge in [0.25, 0.3) is 11.5 Å². The van der Waals surface area contributed by atoms with Gasteiger partial charge in [0.1, 0.15) is 18.1 Å². The topological polar surface area (TPSA) is 85.8 Å². The van der Waals surface area contributed by atoms with E-state index in [-0.39, 0.29) is 18.1 Å². The van der Waals surface area contributed by atoms with Gasteiger partial charge in [-0.05, 0) is 43.7 Å². The van der Waals surface area contributed by atoms with Crippen LogP contribution in [0.25, 0.3) is 5.65 Å². The third-order valence-electron chi connectivity index (χ3n) is 4.40. The van der Waals surface area contributed by atoms with Gasteiger partial charge in [0, 0.05) is 12.1 Å². The van der Waals surface area contributed by atoms with Crippen LogP contribution in [-0.4, -0.2) is 15.5 Å². The molecule has 0 radical (unpaired) electrons. The van der Waals surface area contributed by atoms with Crippen molar-refractivity contribution in [2.24, 2.45) is 0 Å². The quantitative estimate of drug-likeness (QED) is 0.514. The maximum Gasteiger partial charge on any atom is 0.287 e. The maximum absolute atomic E-state index is 12.6. The highest BCUT2D eigenvalue weighted by atomic mass is 35.5. The molecule has 0 saturated carbocycles. The molecule has 0 atom stereocenters. The number of rotatable bonds is 5. The Balaban J connectivity index is 1.57. The highest BCUT2D eigenvalue weighted by molar-refractivity contribution is 6.34. The molecular weight excluding hydrogens is 406 g/mol. The number of amides is 1.